The van der Waals surface area contributed by atoms with Gasteiger partial charge in [0.15, 0.2) is 0 Å². The van der Waals surface area contributed by atoms with E-state index in [1.54, 1.807) is 6.07 Å². The van der Waals surface area contributed by atoms with E-state index in [1.807, 2.05) is 23.9 Å². The van der Waals surface area contributed by atoms with Crippen molar-refractivity contribution in [1.29, 1.82) is 0 Å². The molecule has 1 aromatic carbocycles. The van der Waals surface area contributed by atoms with Crippen molar-refractivity contribution in [3.8, 4) is 0 Å². The van der Waals surface area contributed by atoms with Crippen molar-refractivity contribution in [1.82, 2.24) is 0 Å². The Kier molecular flexibility index (Phi) is 5.14. The smallest absolute Gasteiger partial charge is 0.0431 e. The fraction of sp³-hybridized carbons (Fsp3) is 0.455. The average Bonchev–Trinajstić information content (AvgIpc) is 2.12. The summed E-state index contributed by atoms with van der Waals surface area (Å²) in [4.78, 5) is 1.16. The second-order valence-electron chi connectivity index (χ2n) is 3.43. The Balaban J connectivity index is 2.58. The Morgan fingerprint density at radius 3 is 2.29 bits per heavy atom. The molecule has 0 heterocycles. The number of thioether (sulfide) groups is 1. The molecule has 0 amide bonds. The second kappa shape index (κ2) is 5.89. The standard InChI is InChI=1S/C11H14Cl2S/c1-3-8(2)7-14-11-5-9(12)4-10(13)6-11/h4-6,8H,3,7H2,1-2H3. The Morgan fingerprint density at radius 1 is 1.21 bits per heavy atom. The van der Waals surface area contributed by atoms with Gasteiger partial charge in [-0.2, -0.15) is 0 Å². The second-order valence-corrected chi connectivity index (χ2v) is 5.40. The predicted molar refractivity (Wildman–Crippen MR) is 66.6 cm³/mol. The molecule has 0 fully saturated rings. The summed E-state index contributed by atoms with van der Waals surface area (Å²) in [6.45, 7) is 4.45. The summed E-state index contributed by atoms with van der Waals surface area (Å²) in [5.41, 5.74) is 0. The number of rotatable bonds is 4. The van der Waals surface area contributed by atoms with Crippen molar-refractivity contribution in [2.75, 3.05) is 5.75 Å². The molecule has 1 unspecified atom stereocenters. The summed E-state index contributed by atoms with van der Waals surface area (Å²) in [7, 11) is 0. The van der Waals surface area contributed by atoms with Crippen LogP contribution in [-0.2, 0) is 0 Å². The maximum Gasteiger partial charge on any atom is 0.0431 e. The molecular weight excluding hydrogens is 235 g/mol. The SMILES string of the molecule is CCC(C)CSc1cc(Cl)cc(Cl)c1. The molecule has 0 radical (unpaired) electrons. The average molecular weight is 249 g/mol. The number of hydrogen-bond acceptors (Lipinski definition) is 1. The van der Waals surface area contributed by atoms with E-state index in [0.29, 0.717) is 10.0 Å². The van der Waals surface area contributed by atoms with Crippen LogP contribution in [0.3, 0.4) is 0 Å². The van der Waals surface area contributed by atoms with Gasteiger partial charge < -0.3 is 0 Å². The van der Waals surface area contributed by atoms with Crippen LogP contribution in [0.4, 0.5) is 0 Å². The van der Waals surface area contributed by atoms with E-state index in [4.69, 9.17) is 23.2 Å². The highest BCUT2D eigenvalue weighted by Crippen LogP contribution is 2.28. The highest BCUT2D eigenvalue weighted by molar-refractivity contribution is 7.99. The lowest BCUT2D eigenvalue weighted by atomic mass is 10.2. The molecule has 78 valence electrons. The van der Waals surface area contributed by atoms with Gasteiger partial charge in [-0.15, -0.1) is 11.8 Å². The van der Waals surface area contributed by atoms with Crippen LogP contribution in [0, 0.1) is 5.92 Å². The molecule has 0 saturated carbocycles. The molecule has 1 atom stereocenters. The van der Waals surface area contributed by atoms with Crippen molar-refractivity contribution >= 4 is 35.0 Å². The van der Waals surface area contributed by atoms with Crippen LogP contribution in [0.2, 0.25) is 10.0 Å². The Hall–Kier alpha value is 0.150. The minimum Gasteiger partial charge on any atom is -0.126 e. The topological polar surface area (TPSA) is 0 Å². The molecule has 0 aromatic heterocycles. The van der Waals surface area contributed by atoms with E-state index in [0.717, 1.165) is 16.6 Å². The summed E-state index contributed by atoms with van der Waals surface area (Å²) in [5.74, 6) is 1.85. The Bertz CT molecular complexity index is 279. The van der Waals surface area contributed by atoms with Crippen molar-refractivity contribution < 1.29 is 0 Å². The van der Waals surface area contributed by atoms with Gasteiger partial charge in [-0.05, 0) is 24.1 Å². The van der Waals surface area contributed by atoms with Gasteiger partial charge >= 0.3 is 0 Å². The lowest BCUT2D eigenvalue weighted by Crippen LogP contribution is -1.94. The molecule has 14 heavy (non-hydrogen) atoms. The highest BCUT2D eigenvalue weighted by atomic mass is 35.5. The molecule has 0 nitrogen and oxygen atoms in total. The van der Waals surface area contributed by atoms with Crippen LogP contribution < -0.4 is 0 Å². The van der Waals surface area contributed by atoms with Crippen molar-refractivity contribution in [3.63, 3.8) is 0 Å². The summed E-state index contributed by atoms with van der Waals surface area (Å²) in [5, 5.41) is 1.42. The fourth-order valence-corrected chi connectivity index (χ4v) is 2.76. The highest BCUT2D eigenvalue weighted by Gasteiger charge is 2.02. The van der Waals surface area contributed by atoms with Crippen molar-refractivity contribution in [2.45, 2.75) is 25.2 Å². The van der Waals surface area contributed by atoms with Crippen molar-refractivity contribution in [3.05, 3.63) is 28.2 Å². The van der Waals surface area contributed by atoms with Crippen molar-refractivity contribution in [2.24, 2.45) is 5.92 Å². The maximum atomic E-state index is 5.90. The Morgan fingerprint density at radius 2 is 1.79 bits per heavy atom. The first-order valence-electron chi connectivity index (χ1n) is 4.70. The number of halogens is 2. The van der Waals surface area contributed by atoms with Gasteiger partial charge in [-0.1, -0.05) is 43.5 Å². The van der Waals surface area contributed by atoms with Gasteiger partial charge in [0.2, 0.25) is 0 Å². The summed E-state index contributed by atoms with van der Waals surface area (Å²) >= 11 is 13.6. The number of benzene rings is 1. The summed E-state index contributed by atoms with van der Waals surface area (Å²) in [6, 6.07) is 5.68. The maximum absolute atomic E-state index is 5.90. The third kappa shape index (κ3) is 4.12. The molecule has 0 spiro atoms. The van der Waals surface area contributed by atoms with Crippen LogP contribution in [0.1, 0.15) is 20.3 Å². The molecule has 1 aromatic rings. The molecule has 0 N–H and O–H groups in total. The van der Waals surface area contributed by atoms with Gasteiger partial charge in [0.25, 0.3) is 0 Å². The monoisotopic (exact) mass is 248 g/mol. The number of hydrogen-bond donors (Lipinski definition) is 0. The molecule has 0 aliphatic rings. The minimum atomic E-state index is 0.712. The van der Waals surface area contributed by atoms with Gasteiger partial charge in [0.05, 0.1) is 0 Å². The zero-order valence-corrected chi connectivity index (χ0v) is 10.7. The third-order valence-electron chi connectivity index (χ3n) is 2.07. The zero-order valence-electron chi connectivity index (χ0n) is 8.39. The lowest BCUT2D eigenvalue weighted by Gasteiger charge is -2.08. The lowest BCUT2D eigenvalue weighted by molar-refractivity contribution is 0.637. The molecule has 0 aliphatic carbocycles. The van der Waals surface area contributed by atoms with Gasteiger partial charge in [0.1, 0.15) is 0 Å². The zero-order chi connectivity index (χ0) is 10.6. The van der Waals surface area contributed by atoms with E-state index >= 15 is 0 Å². The van der Waals surface area contributed by atoms with E-state index in [2.05, 4.69) is 13.8 Å². The molecule has 0 bridgehead atoms. The quantitative estimate of drug-likeness (QED) is 0.666. The van der Waals surface area contributed by atoms with E-state index < -0.39 is 0 Å². The normalized spacial score (nSPS) is 12.9. The molecule has 0 saturated heterocycles. The first-order chi connectivity index (χ1) is 6.61. The fourth-order valence-electron chi connectivity index (χ4n) is 0.968. The summed E-state index contributed by atoms with van der Waals surface area (Å²) < 4.78 is 0. The first-order valence-corrected chi connectivity index (χ1v) is 6.45. The van der Waals surface area contributed by atoms with Crippen LogP contribution in [-0.4, -0.2) is 5.75 Å². The van der Waals surface area contributed by atoms with Crippen LogP contribution in [0.25, 0.3) is 0 Å². The Labute approximate surface area is 100.0 Å². The molecule has 1 rings (SSSR count). The summed E-state index contributed by atoms with van der Waals surface area (Å²) in [6.07, 6.45) is 1.21. The van der Waals surface area contributed by atoms with E-state index in [-0.39, 0.29) is 0 Å². The molecule has 0 aliphatic heterocycles. The van der Waals surface area contributed by atoms with E-state index in [1.165, 1.54) is 6.42 Å². The molecule has 3 heteroatoms. The van der Waals surface area contributed by atoms with E-state index in [9.17, 15) is 0 Å². The van der Waals surface area contributed by atoms with Crippen LogP contribution >= 0.6 is 35.0 Å². The first kappa shape index (κ1) is 12.2. The predicted octanol–water partition coefficient (Wildman–Crippen LogP) is 5.13. The van der Waals surface area contributed by atoms with Crippen LogP contribution in [0.5, 0.6) is 0 Å². The van der Waals surface area contributed by atoms with Gasteiger partial charge in [-0.3, -0.25) is 0 Å². The van der Waals surface area contributed by atoms with Gasteiger partial charge in [0, 0.05) is 20.7 Å². The molecular formula is C11H14Cl2S. The largest absolute Gasteiger partial charge is 0.126 e. The third-order valence-corrected chi connectivity index (χ3v) is 3.81. The minimum absolute atomic E-state index is 0.712. The van der Waals surface area contributed by atoms with Crippen LogP contribution in [0.15, 0.2) is 23.1 Å². The van der Waals surface area contributed by atoms with Gasteiger partial charge in [-0.25, -0.2) is 0 Å².